The first-order valence-corrected chi connectivity index (χ1v) is 41.2. The Bertz CT molecular complexity index is 4980. The van der Waals surface area contributed by atoms with E-state index in [1.165, 1.54) is 33.2 Å². The molecule has 4 bridgehead atoms. The number of ether oxygens (including phenoxy) is 6. The van der Waals surface area contributed by atoms with Crippen LogP contribution in [0, 0.1) is 28.6 Å². The van der Waals surface area contributed by atoms with Gasteiger partial charge in [0.2, 0.25) is 12.0 Å². The van der Waals surface area contributed by atoms with Gasteiger partial charge in [-0.05, 0) is 148 Å². The van der Waals surface area contributed by atoms with Crippen molar-refractivity contribution >= 4 is 69.4 Å². The van der Waals surface area contributed by atoms with Crippen molar-refractivity contribution in [3.05, 3.63) is 142 Å². The van der Waals surface area contributed by atoms with E-state index in [0.29, 0.717) is 143 Å². The van der Waals surface area contributed by atoms with E-state index in [4.69, 9.17) is 34.2 Å². The van der Waals surface area contributed by atoms with Gasteiger partial charge in [-0.2, -0.15) is 0 Å². The Hall–Kier alpha value is -8.66. The number of para-hydroxylation sites is 2. The number of piperidine rings is 2. The maximum absolute atomic E-state index is 15.3. The molecule has 2 aromatic heterocycles. The molecule has 6 aromatic rings. The molecule has 25 heteroatoms. The number of nitrogens with two attached hydrogens (primary N) is 1. The highest BCUT2D eigenvalue weighted by Crippen LogP contribution is 2.71. The number of aliphatic hydroxyl groups excluding tert-OH is 1. The largest absolute Gasteiger partial charge is 0.496 e. The van der Waals surface area contributed by atoms with Crippen LogP contribution in [0.2, 0.25) is 0 Å². The molecule has 12 heterocycles. The Morgan fingerprint density at radius 1 is 0.596 bits per heavy atom. The molecule has 4 saturated heterocycles. The molecule has 2 aliphatic carbocycles. The van der Waals surface area contributed by atoms with Crippen molar-refractivity contribution in [2.24, 2.45) is 34.3 Å². The molecule has 10 aliphatic heterocycles. The van der Waals surface area contributed by atoms with E-state index in [2.05, 4.69) is 54.7 Å². The average molecular weight is 1560 g/mol. The number of hydrogen-bond donors (Lipinski definition) is 7. The van der Waals surface area contributed by atoms with Crippen molar-refractivity contribution in [1.82, 2.24) is 29.6 Å². The van der Waals surface area contributed by atoms with E-state index in [-0.39, 0.29) is 17.9 Å². The molecule has 2 amide bonds. The molecule has 6 fully saturated rings. The molecule has 25 nitrogen and oxygen atoms in total. The number of likely N-dealkylation sites (N-methyl/N-ethyl adjacent to an activating group) is 1. The highest BCUT2D eigenvalue weighted by atomic mass is 16.6. The lowest BCUT2D eigenvalue weighted by Crippen LogP contribution is -2.81. The van der Waals surface area contributed by atoms with Crippen LogP contribution >= 0.6 is 0 Å². The molecule has 2 saturated carbocycles. The molecule has 2 spiro atoms. The highest BCUT2D eigenvalue weighted by molar-refractivity contribution is 5.98. The quantitative estimate of drug-likeness (QED) is 0.0247. The van der Waals surface area contributed by atoms with Gasteiger partial charge < -0.3 is 79.2 Å². The molecule has 20 atom stereocenters. The predicted octanol–water partition coefficient (Wildman–Crippen LogP) is 7.14. The molecule has 0 radical (unpaired) electrons. The number of H-pyrrole nitrogens is 2. The number of benzene rings is 4. The number of aromatic amines is 2. The number of carbonyl (C=O) groups is 6. The van der Waals surface area contributed by atoms with E-state index in [9.17, 15) is 39.6 Å². The van der Waals surface area contributed by atoms with Crippen molar-refractivity contribution in [2.45, 2.75) is 187 Å². The third-order valence-corrected chi connectivity index (χ3v) is 30.7. The molecule has 12 aliphatic rings. The van der Waals surface area contributed by atoms with Crippen molar-refractivity contribution in [1.29, 1.82) is 0 Å². The average Bonchev–Trinajstić information content (AvgIpc) is 1.47. The number of nitrogens with one attached hydrogen (secondary N) is 2. The number of aromatic nitrogens is 2. The smallest absolute Gasteiger partial charge is 0.344 e. The topological polar surface area (TPSA) is 316 Å². The van der Waals surface area contributed by atoms with E-state index in [1.54, 1.807) is 20.3 Å². The minimum atomic E-state index is -2.50. The lowest BCUT2D eigenvalue weighted by molar-refractivity contribution is -0.228. The number of amides is 2. The van der Waals surface area contributed by atoms with Crippen LogP contribution in [-0.2, 0) is 82.2 Å². The Labute approximate surface area is 665 Å². The Balaban J connectivity index is 0.000000165. The second-order valence-corrected chi connectivity index (χ2v) is 35.3. The molecular formula is C89H111N9O16. The number of hydrogen-bond acceptors (Lipinski definition) is 21. The second-order valence-electron chi connectivity index (χ2n) is 35.3. The number of carbonyl (C=O) groups excluding carboxylic acids is 6. The molecule has 4 aromatic carbocycles. The fourth-order valence-electron chi connectivity index (χ4n) is 26.4. The van der Waals surface area contributed by atoms with E-state index < -0.39 is 109 Å². The van der Waals surface area contributed by atoms with Gasteiger partial charge in [0.25, 0.3) is 5.91 Å². The summed E-state index contributed by atoms with van der Waals surface area (Å²) in [4.78, 5) is 106. The summed E-state index contributed by atoms with van der Waals surface area (Å²) in [6.45, 7) is 16.7. The van der Waals surface area contributed by atoms with Crippen molar-refractivity contribution in [3.8, 4) is 11.5 Å². The molecule has 8 N–H and O–H groups in total. The SMILES string of the molecule is CC[C@@H]1C[C@H]2CN(CCc3c([nH]c4ccccc34)[C@@](C(=O)OC)(c3cc4c(cc3OC)N(C=O)[C@H]3[C@@](O)(C(=O)OC)[C@H](OC(C)=O)[C@]5(CC)C=CCN6CC[C@]43[C@@H]65)C2)C1.CC[C@]1(O)C[C@H]2CN(CCc3c([nH]c4ccccc34)[C@@](C(=O)OC)(c3cc4c(cc3OC)N(C)[C@H]3[C@@](O)(C(N)=O)[C@H](O)[C@]5(CC)C=CCN6CC[C@]43[C@@H]65)C2)C1. The number of anilines is 2. The van der Waals surface area contributed by atoms with Gasteiger partial charge in [0.05, 0.1) is 58.9 Å². The zero-order chi connectivity index (χ0) is 80.5. The Kier molecular flexibility index (Phi) is 19.0. The third kappa shape index (κ3) is 10.3. The predicted molar refractivity (Wildman–Crippen MR) is 427 cm³/mol. The van der Waals surface area contributed by atoms with Gasteiger partial charge >= 0.3 is 23.9 Å². The summed E-state index contributed by atoms with van der Waals surface area (Å²) in [5.41, 5.74) is 3.18. The summed E-state index contributed by atoms with van der Waals surface area (Å²) in [5.74, 6) is -2.12. The van der Waals surface area contributed by atoms with Gasteiger partial charge in [0.1, 0.15) is 28.4 Å². The lowest BCUT2D eigenvalue weighted by Gasteiger charge is -2.63. The van der Waals surface area contributed by atoms with Crippen LogP contribution in [-0.4, -0.2) is 247 Å². The molecule has 608 valence electrons. The number of aliphatic hydroxyl groups is 4. The number of esters is 4. The number of rotatable bonds is 14. The zero-order valence-electron chi connectivity index (χ0n) is 67.5. The van der Waals surface area contributed by atoms with Gasteiger partial charge in [0, 0.05) is 162 Å². The monoisotopic (exact) mass is 1560 g/mol. The van der Waals surface area contributed by atoms with Gasteiger partial charge in [-0.15, -0.1) is 0 Å². The van der Waals surface area contributed by atoms with Crippen LogP contribution in [0.3, 0.4) is 0 Å². The van der Waals surface area contributed by atoms with Gasteiger partial charge in [-0.25, -0.2) is 4.79 Å². The van der Waals surface area contributed by atoms with Crippen molar-refractivity contribution in [3.63, 3.8) is 0 Å². The molecule has 2 unspecified atom stereocenters. The first-order chi connectivity index (χ1) is 54.7. The third-order valence-electron chi connectivity index (χ3n) is 30.7. The Morgan fingerprint density at radius 3 is 1.64 bits per heavy atom. The van der Waals surface area contributed by atoms with Crippen molar-refractivity contribution < 1.29 is 77.6 Å². The molecule has 114 heavy (non-hydrogen) atoms. The fraction of sp³-hybridized carbons (Fsp3) is 0.573. The first kappa shape index (κ1) is 77.9. The van der Waals surface area contributed by atoms with Gasteiger partial charge in [-0.3, -0.25) is 38.7 Å². The number of nitrogens with zero attached hydrogens (tertiary/aromatic N) is 6. The summed E-state index contributed by atoms with van der Waals surface area (Å²) < 4.78 is 36.0. The maximum atomic E-state index is 15.3. The summed E-state index contributed by atoms with van der Waals surface area (Å²) in [6, 6.07) is 21.3. The summed E-state index contributed by atoms with van der Waals surface area (Å²) in [6.07, 6.45) is 13.0. The van der Waals surface area contributed by atoms with Crippen LogP contribution in [0.5, 0.6) is 11.5 Å². The normalized spacial score (nSPS) is 37.2. The number of primary amides is 1. The van der Waals surface area contributed by atoms with Gasteiger partial charge in [-0.1, -0.05) is 94.8 Å². The standard InChI is InChI=1S/C46H56N4O9.C43H55N5O7/c1-7-28-20-29-23-45(41(53)57-5,37-31(14-18-48(24-28)25-29)30-12-9-10-13-34(30)47-37)33-21-32-35(22-36(33)56-4)50(26-51)39-44(32)16-19-49-17-11-15-43(8-2,38(44)49)40(59-27(3)52)46(39,55)42(54)58-6;1-6-39(52)21-25-22-42(38(51)55-5,33-27(13-17-47(23-25)24-39)26-11-8-9-12-30(26)45-33)29-19-28-31(20-32(29)54-4)46(3)35-41(28)15-18-48-16-10-14-40(7-2,34(41)48)36(49)43(35,53)37(44)50/h9-13,15,21-22,26,28-29,38-40,47,55H,7-8,14,16-20,23-25H2,1-6H3;8-12,14,19-20,25,34-36,45,49,52-53H,6-7,13,15-18,21-24H2,1-5H3,(H2,44,50)/t28-,29-,38+,39-,40-,43-,44-,45+,46+;25-,34+,35-,36-,39+,40-,41-,42+,43+/m11/s1. The van der Waals surface area contributed by atoms with E-state index in [0.717, 1.165) is 101 Å². The minimum absolute atomic E-state index is 0.0790. The maximum Gasteiger partial charge on any atom is 0.344 e. The first-order valence-electron chi connectivity index (χ1n) is 41.2. The van der Waals surface area contributed by atoms with Crippen molar-refractivity contribution in [2.75, 3.05) is 118 Å². The minimum Gasteiger partial charge on any atom is -0.496 e. The van der Waals surface area contributed by atoms with Gasteiger partial charge in [0.15, 0.2) is 11.7 Å². The van der Waals surface area contributed by atoms with Crippen LogP contribution in [0.4, 0.5) is 11.4 Å². The van der Waals surface area contributed by atoms with Crippen LogP contribution in [0.15, 0.2) is 97.1 Å². The number of fused-ring (bicyclic) bond motifs is 12. The van der Waals surface area contributed by atoms with Crippen LogP contribution in [0.1, 0.15) is 144 Å². The molecular weight excluding hydrogens is 1450 g/mol. The number of methoxy groups -OCH3 is 5. The lowest BCUT2D eigenvalue weighted by atomic mass is 9.47. The summed E-state index contributed by atoms with van der Waals surface area (Å²) >= 11 is 0. The van der Waals surface area contributed by atoms with Crippen LogP contribution in [0.25, 0.3) is 21.8 Å². The zero-order valence-corrected chi connectivity index (χ0v) is 67.5. The second kappa shape index (κ2) is 27.8. The van der Waals surface area contributed by atoms with E-state index in [1.807, 2.05) is 106 Å². The fourth-order valence-corrected chi connectivity index (χ4v) is 26.4. The van der Waals surface area contributed by atoms with Crippen LogP contribution < -0.4 is 25.0 Å². The van der Waals surface area contributed by atoms with E-state index >= 15 is 9.59 Å². The Morgan fingerprint density at radius 2 is 1.11 bits per heavy atom. The summed E-state index contributed by atoms with van der Waals surface area (Å²) in [7, 11) is 9.09. The molecule has 18 rings (SSSR count). The summed E-state index contributed by atoms with van der Waals surface area (Å²) in [5, 5.41) is 52.3. The highest BCUT2D eigenvalue weighted by Gasteiger charge is 2.82.